The summed E-state index contributed by atoms with van der Waals surface area (Å²) in [7, 11) is 0. The first-order valence-electron chi connectivity index (χ1n) is 9.32. The van der Waals surface area contributed by atoms with E-state index in [4.69, 9.17) is 0 Å². The molecule has 2 atom stereocenters. The molecule has 148 valence electrons. The molecule has 2 rings (SSSR count). The Hall–Kier alpha value is -2.18. The van der Waals surface area contributed by atoms with E-state index in [1.165, 1.54) is 0 Å². The average molecular weight is 374 g/mol. The van der Waals surface area contributed by atoms with Crippen molar-refractivity contribution in [2.24, 2.45) is 5.92 Å². The first kappa shape index (κ1) is 21.1. The second-order valence-electron chi connectivity index (χ2n) is 7.79. The predicted molar refractivity (Wildman–Crippen MR) is 104 cm³/mol. The van der Waals surface area contributed by atoms with Crippen molar-refractivity contribution in [3.63, 3.8) is 0 Å². The number of carbonyl (C=O) groups excluding carboxylic acids is 2. The van der Waals surface area contributed by atoms with Crippen molar-refractivity contribution in [3.05, 3.63) is 48.0 Å². The summed E-state index contributed by atoms with van der Waals surface area (Å²) in [5.41, 5.74) is 1.46. The molecule has 6 nitrogen and oxygen atoms in total. The van der Waals surface area contributed by atoms with Gasteiger partial charge < -0.3 is 20.4 Å². The van der Waals surface area contributed by atoms with Crippen LogP contribution in [0.4, 0.5) is 0 Å². The standard InChI is InChI=1S/C21H30N2O4/c1-4-7-16(20(27)22-21(2,3)14-25)11-19(26)23-12-17-9-6-5-8-15(17)10-18(23)13-24/h4-6,8-9,16,18,24-25H,1,7,10-14H2,2-3H3,(H,22,27). The number of hydrogen-bond acceptors (Lipinski definition) is 4. The van der Waals surface area contributed by atoms with Gasteiger partial charge in [0.2, 0.25) is 11.8 Å². The van der Waals surface area contributed by atoms with E-state index in [9.17, 15) is 19.8 Å². The number of fused-ring (bicyclic) bond motifs is 1. The first-order chi connectivity index (χ1) is 12.8. The number of aliphatic hydroxyl groups excluding tert-OH is 2. The minimum Gasteiger partial charge on any atom is -0.394 e. The molecule has 1 aliphatic rings. The summed E-state index contributed by atoms with van der Waals surface area (Å²) < 4.78 is 0. The Labute approximate surface area is 160 Å². The fourth-order valence-corrected chi connectivity index (χ4v) is 3.33. The summed E-state index contributed by atoms with van der Waals surface area (Å²) in [4.78, 5) is 27.2. The Morgan fingerprint density at radius 2 is 2.00 bits per heavy atom. The number of carbonyl (C=O) groups is 2. The number of hydrogen-bond donors (Lipinski definition) is 3. The van der Waals surface area contributed by atoms with Gasteiger partial charge in [0.15, 0.2) is 0 Å². The van der Waals surface area contributed by atoms with E-state index in [0.717, 1.165) is 11.1 Å². The van der Waals surface area contributed by atoms with Gasteiger partial charge in [-0.2, -0.15) is 0 Å². The molecule has 0 fully saturated rings. The topological polar surface area (TPSA) is 89.9 Å². The monoisotopic (exact) mass is 374 g/mol. The van der Waals surface area contributed by atoms with Gasteiger partial charge in [0.25, 0.3) is 0 Å². The summed E-state index contributed by atoms with van der Waals surface area (Å²) in [6, 6.07) is 7.61. The van der Waals surface area contributed by atoms with Gasteiger partial charge >= 0.3 is 0 Å². The molecule has 0 bridgehead atoms. The lowest BCUT2D eigenvalue weighted by molar-refractivity contribution is -0.140. The Morgan fingerprint density at radius 1 is 1.33 bits per heavy atom. The summed E-state index contributed by atoms with van der Waals surface area (Å²) in [5, 5.41) is 21.9. The van der Waals surface area contributed by atoms with Crippen LogP contribution in [0.5, 0.6) is 0 Å². The van der Waals surface area contributed by atoms with E-state index in [2.05, 4.69) is 11.9 Å². The molecular weight excluding hydrogens is 344 g/mol. The highest BCUT2D eigenvalue weighted by atomic mass is 16.3. The van der Waals surface area contributed by atoms with Crippen molar-refractivity contribution in [1.29, 1.82) is 0 Å². The molecule has 2 amide bonds. The van der Waals surface area contributed by atoms with E-state index >= 15 is 0 Å². The first-order valence-corrected chi connectivity index (χ1v) is 9.32. The highest BCUT2D eigenvalue weighted by Crippen LogP contribution is 2.25. The van der Waals surface area contributed by atoms with Gasteiger partial charge in [-0.1, -0.05) is 30.3 Å². The van der Waals surface area contributed by atoms with Crippen molar-refractivity contribution in [3.8, 4) is 0 Å². The van der Waals surface area contributed by atoms with Crippen LogP contribution in [0.25, 0.3) is 0 Å². The SMILES string of the molecule is C=CCC(CC(=O)N1Cc2ccccc2CC1CO)C(=O)NC(C)(C)CO. The number of benzene rings is 1. The average Bonchev–Trinajstić information content (AvgIpc) is 2.66. The van der Waals surface area contributed by atoms with Gasteiger partial charge in [-0.25, -0.2) is 0 Å². The van der Waals surface area contributed by atoms with Crippen molar-refractivity contribution < 1.29 is 19.8 Å². The molecule has 6 heteroatoms. The number of nitrogens with zero attached hydrogens (tertiary/aromatic N) is 1. The molecule has 0 spiro atoms. The molecule has 1 aliphatic heterocycles. The zero-order valence-electron chi connectivity index (χ0n) is 16.1. The van der Waals surface area contributed by atoms with Crippen molar-refractivity contribution in [1.82, 2.24) is 10.2 Å². The molecular formula is C21H30N2O4. The molecule has 3 N–H and O–H groups in total. The van der Waals surface area contributed by atoms with Crippen molar-refractivity contribution in [2.45, 2.75) is 51.2 Å². The summed E-state index contributed by atoms with van der Waals surface area (Å²) >= 11 is 0. The number of nitrogens with one attached hydrogen (secondary N) is 1. The third kappa shape index (κ3) is 5.40. The van der Waals surface area contributed by atoms with Crippen LogP contribution in [0.2, 0.25) is 0 Å². The highest BCUT2D eigenvalue weighted by Gasteiger charge is 2.32. The minimum atomic E-state index is -0.753. The van der Waals surface area contributed by atoms with E-state index < -0.39 is 11.5 Å². The lowest BCUT2D eigenvalue weighted by Gasteiger charge is -2.37. The maximum absolute atomic E-state index is 13.0. The van der Waals surface area contributed by atoms with E-state index in [-0.39, 0.29) is 37.5 Å². The Bertz CT molecular complexity index is 687. The maximum atomic E-state index is 13.0. The summed E-state index contributed by atoms with van der Waals surface area (Å²) in [6.07, 6.45) is 2.64. The van der Waals surface area contributed by atoms with Crippen LogP contribution in [0, 0.1) is 5.92 Å². The molecule has 0 radical (unpaired) electrons. The smallest absolute Gasteiger partial charge is 0.224 e. The van der Waals surface area contributed by atoms with Crippen LogP contribution in [0.3, 0.4) is 0 Å². The van der Waals surface area contributed by atoms with Crippen LogP contribution >= 0.6 is 0 Å². The summed E-state index contributed by atoms with van der Waals surface area (Å²) in [5.74, 6) is -0.995. The van der Waals surface area contributed by atoms with Crippen LogP contribution in [-0.4, -0.2) is 51.7 Å². The fraction of sp³-hybridized carbons (Fsp3) is 0.524. The Kier molecular flexibility index (Phi) is 7.16. The largest absolute Gasteiger partial charge is 0.394 e. The molecule has 0 aliphatic carbocycles. The normalized spacial score (nSPS) is 17.8. The third-order valence-electron chi connectivity index (χ3n) is 4.99. The zero-order valence-corrected chi connectivity index (χ0v) is 16.1. The number of aliphatic hydroxyl groups is 2. The predicted octanol–water partition coefficient (Wildman–Crippen LogP) is 1.40. The quantitative estimate of drug-likeness (QED) is 0.600. The van der Waals surface area contributed by atoms with Crippen LogP contribution in [-0.2, 0) is 22.6 Å². The maximum Gasteiger partial charge on any atom is 0.224 e. The minimum absolute atomic E-state index is 0.0397. The lowest BCUT2D eigenvalue weighted by atomic mass is 9.92. The van der Waals surface area contributed by atoms with Gasteiger partial charge in [-0.05, 0) is 37.8 Å². The van der Waals surface area contributed by atoms with Crippen molar-refractivity contribution in [2.75, 3.05) is 13.2 Å². The molecule has 27 heavy (non-hydrogen) atoms. The lowest BCUT2D eigenvalue weighted by Crippen LogP contribution is -2.50. The van der Waals surface area contributed by atoms with E-state index in [1.54, 1.807) is 24.8 Å². The second kappa shape index (κ2) is 9.15. The number of allylic oxidation sites excluding steroid dienone is 1. The van der Waals surface area contributed by atoms with Gasteiger partial charge in [-0.15, -0.1) is 6.58 Å². The highest BCUT2D eigenvalue weighted by molar-refractivity contribution is 5.86. The van der Waals surface area contributed by atoms with Gasteiger partial charge in [0.1, 0.15) is 0 Å². The Morgan fingerprint density at radius 3 is 2.59 bits per heavy atom. The number of amides is 2. The van der Waals surface area contributed by atoms with Crippen LogP contribution in [0.15, 0.2) is 36.9 Å². The summed E-state index contributed by atoms with van der Waals surface area (Å²) in [6.45, 7) is 7.26. The molecule has 2 unspecified atom stereocenters. The van der Waals surface area contributed by atoms with Crippen molar-refractivity contribution >= 4 is 11.8 Å². The molecule has 1 aromatic carbocycles. The molecule has 0 saturated carbocycles. The zero-order chi connectivity index (χ0) is 20.0. The van der Waals surface area contributed by atoms with E-state index in [0.29, 0.717) is 19.4 Å². The second-order valence-corrected chi connectivity index (χ2v) is 7.79. The van der Waals surface area contributed by atoms with E-state index in [1.807, 2.05) is 24.3 Å². The molecule has 1 heterocycles. The molecule has 0 aromatic heterocycles. The fourth-order valence-electron chi connectivity index (χ4n) is 3.33. The molecule has 0 saturated heterocycles. The third-order valence-corrected chi connectivity index (χ3v) is 4.99. The van der Waals surface area contributed by atoms with Crippen LogP contribution < -0.4 is 5.32 Å². The van der Waals surface area contributed by atoms with Crippen LogP contribution in [0.1, 0.15) is 37.8 Å². The number of rotatable bonds is 8. The van der Waals surface area contributed by atoms with Gasteiger partial charge in [-0.3, -0.25) is 9.59 Å². The Balaban J connectivity index is 2.12. The van der Waals surface area contributed by atoms with Gasteiger partial charge in [0, 0.05) is 13.0 Å². The van der Waals surface area contributed by atoms with Gasteiger partial charge in [0.05, 0.1) is 30.7 Å². The molecule has 1 aromatic rings.